The molecule has 0 aromatic heterocycles. The third kappa shape index (κ3) is 3.47. The molecule has 0 atom stereocenters. The van der Waals surface area contributed by atoms with E-state index in [1.165, 1.54) is 5.56 Å². The summed E-state index contributed by atoms with van der Waals surface area (Å²) in [6, 6.07) is 8.25. The fraction of sp³-hybridized carbons (Fsp3) is 0.600. The van der Waals surface area contributed by atoms with Crippen LogP contribution in [0.5, 0.6) is 5.75 Å². The second kappa shape index (κ2) is 5.72. The quantitative estimate of drug-likeness (QED) is 0.882. The zero-order chi connectivity index (χ0) is 13.0. The van der Waals surface area contributed by atoms with Gasteiger partial charge >= 0.3 is 0 Å². The zero-order valence-electron chi connectivity index (χ0n) is 11.7. The number of rotatable bonds is 4. The van der Waals surface area contributed by atoms with Crippen molar-refractivity contribution >= 4 is 0 Å². The number of ether oxygens (including phenoxy) is 1. The van der Waals surface area contributed by atoms with Crippen LogP contribution in [-0.2, 0) is 0 Å². The SMILES string of the molecule is Cc1ccc(OCCN2CCNCC2(C)C)cc1. The van der Waals surface area contributed by atoms with E-state index in [9.17, 15) is 0 Å². The van der Waals surface area contributed by atoms with Crippen molar-refractivity contribution in [2.75, 3.05) is 32.8 Å². The van der Waals surface area contributed by atoms with Gasteiger partial charge in [-0.1, -0.05) is 17.7 Å². The highest BCUT2D eigenvalue weighted by atomic mass is 16.5. The molecule has 3 heteroatoms. The normalized spacial score (nSPS) is 19.7. The van der Waals surface area contributed by atoms with Crippen LogP contribution in [0, 0.1) is 6.92 Å². The summed E-state index contributed by atoms with van der Waals surface area (Å²) in [4.78, 5) is 2.50. The molecule has 1 saturated heterocycles. The number of nitrogens with zero attached hydrogens (tertiary/aromatic N) is 1. The molecule has 1 N–H and O–H groups in total. The smallest absolute Gasteiger partial charge is 0.119 e. The van der Waals surface area contributed by atoms with Gasteiger partial charge in [-0.25, -0.2) is 0 Å². The molecule has 3 nitrogen and oxygen atoms in total. The molecule has 0 aliphatic carbocycles. The lowest BCUT2D eigenvalue weighted by molar-refractivity contribution is 0.0744. The number of nitrogens with one attached hydrogen (secondary N) is 1. The molecule has 0 unspecified atom stereocenters. The predicted molar refractivity (Wildman–Crippen MR) is 75.2 cm³/mol. The molecule has 0 bridgehead atoms. The molecular formula is C15H24N2O. The van der Waals surface area contributed by atoms with Crippen molar-refractivity contribution in [2.24, 2.45) is 0 Å². The Bertz CT molecular complexity index is 373. The molecular weight excluding hydrogens is 224 g/mol. The van der Waals surface area contributed by atoms with E-state index in [1.54, 1.807) is 0 Å². The molecule has 1 aromatic rings. The van der Waals surface area contributed by atoms with E-state index in [0.29, 0.717) is 0 Å². The average Bonchev–Trinajstić information content (AvgIpc) is 2.33. The lowest BCUT2D eigenvalue weighted by Gasteiger charge is -2.42. The van der Waals surface area contributed by atoms with Gasteiger partial charge in [-0.15, -0.1) is 0 Å². The van der Waals surface area contributed by atoms with Crippen molar-refractivity contribution in [1.82, 2.24) is 10.2 Å². The number of hydrogen-bond acceptors (Lipinski definition) is 3. The molecule has 1 fully saturated rings. The van der Waals surface area contributed by atoms with Gasteiger partial charge in [-0.3, -0.25) is 4.90 Å². The third-order valence-corrected chi connectivity index (χ3v) is 3.62. The van der Waals surface area contributed by atoms with Gasteiger partial charge in [0, 0.05) is 31.7 Å². The maximum absolute atomic E-state index is 5.79. The lowest BCUT2D eigenvalue weighted by atomic mass is 10.0. The minimum atomic E-state index is 0.231. The fourth-order valence-electron chi connectivity index (χ4n) is 2.35. The highest BCUT2D eigenvalue weighted by molar-refractivity contribution is 5.26. The summed E-state index contributed by atoms with van der Waals surface area (Å²) in [6.07, 6.45) is 0. The van der Waals surface area contributed by atoms with Crippen LogP contribution in [0.3, 0.4) is 0 Å². The van der Waals surface area contributed by atoms with E-state index in [-0.39, 0.29) is 5.54 Å². The van der Waals surface area contributed by atoms with E-state index in [4.69, 9.17) is 4.74 Å². The van der Waals surface area contributed by atoms with Gasteiger partial charge in [-0.2, -0.15) is 0 Å². The summed E-state index contributed by atoms with van der Waals surface area (Å²) in [5.74, 6) is 0.966. The molecule has 0 saturated carbocycles. The first-order valence-corrected chi connectivity index (χ1v) is 6.73. The van der Waals surface area contributed by atoms with Crippen molar-refractivity contribution in [3.8, 4) is 5.75 Å². The summed E-state index contributed by atoms with van der Waals surface area (Å²) in [6.45, 7) is 11.6. The van der Waals surface area contributed by atoms with Gasteiger partial charge in [0.1, 0.15) is 12.4 Å². The first-order chi connectivity index (χ1) is 8.58. The minimum absolute atomic E-state index is 0.231. The Labute approximate surface area is 110 Å². The van der Waals surface area contributed by atoms with E-state index >= 15 is 0 Å². The minimum Gasteiger partial charge on any atom is -0.492 e. The van der Waals surface area contributed by atoms with Gasteiger partial charge in [0.2, 0.25) is 0 Å². The van der Waals surface area contributed by atoms with Gasteiger partial charge < -0.3 is 10.1 Å². The average molecular weight is 248 g/mol. The van der Waals surface area contributed by atoms with Crippen molar-refractivity contribution in [2.45, 2.75) is 26.3 Å². The zero-order valence-corrected chi connectivity index (χ0v) is 11.7. The van der Waals surface area contributed by atoms with Crippen LogP contribution in [0.25, 0.3) is 0 Å². The Hall–Kier alpha value is -1.06. The Balaban J connectivity index is 1.79. The van der Waals surface area contributed by atoms with Crippen LogP contribution in [0.2, 0.25) is 0 Å². The van der Waals surface area contributed by atoms with E-state index in [2.05, 4.69) is 43.1 Å². The first kappa shape index (κ1) is 13.4. The summed E-state index contributed by atoms with van der Waals surface area (Å²) >= 11 is 0. The van der Waals surface area contributed by atoms with Crippen molar-refractivity contribution in [1.29, 1.82) is 0 Å². The topological polar surface area (TPSA) is 24.5 Å². The van der Waals surface area contributed by atoms with Crippen LogP contribution in [-0.4, -0.2) is 43.2 Å². The molecule has 18 heavy (non-hydrogen) atoms. The Kier molecular flexibility index (Phi) is 4.25. The van der Waals surface area contributed by atoms with Gasteiger partial charge in [0.05, 0.1) is 0 Å². The third-order valence-electron chi connectivity index (χ3n) is 3.62. The predicted octanol–water partition coefficient (Wildman–Crippen LogP) is 2.06. The number of aryl methyl sites for hydroxylation is 1. The Morgan fingerprint density at radius 3 is 2.67 bits per heavy atom. The fourth-order valence-corrected chi connectivity index (χ4v) is 2.35. The lowest BCUT2D eigenvalue weighted by Crippen LogP contribution is -2.58. The largest absolute Gasteiger partial charge is 0.492 e. The molecule has 0 amide bonds. The van der Waals surface area contributed by atoms with Crippen molar-refractivity contribution in [3.63, 3.8) is 0 Å². The van der Waals surface area contributed by atoms with Gasteiger partial charge in [-0.05, 0) is 32.9 Å². The van der Waals surface area contributed by atoms with Crippen LogP contribution >= 0.6 is 0 Å². The molecule has 1 aromatic carbocycles. The summed E-state index contributed by atoms with van der Waals surface area (Å²) in [5, 5.41) is 3.44. The Morgan fingerprint density at radius 1 is 1.28 bits per heavy atom. The molecule has 1 aliphatic rings. The maximum atomic E-state index is 5.79. The van der Waals surface area contributed by atoms with E-state index in [0.717, 1.165) is 38.5 Å². The van der Waals surface area contributed by atoms with Crippen LogP contribution in [0.1, 0.15) is 19.4 Å². The monoisotopic (exact) mass is 248 g/mol. The number of piperazine rings is 1. The standard InChI is InChI=1S/C15H24N2O/c1-13-4-6-14(7-5-13)18-11-10-17-9-8-16-12-15(17,2)3/h4-7,16H,8-12H2,1-3H3. The van der Waals surface area contributed by atoms with Crippen LogP contribution < -0.4 is 10.1 Å². The number of hydrogen-bond donors (Lipinski definition) is 1. The van der Waals surface area contributed by atoms with Crippen LogP contribution in [0.4, 0.5) is 0 Å². The molecule has 0 spiro atoms. The van der Waals surface area contributed by atoms with Crippen LogP contribution in [0.15, 0.2) is 24.3 Å². The van der Waals surface area contributed by atoms with E-state index < -0.39 is 0 Å². The second-order valence-electron chi connectivity index (χ2n) is 5.64. The molecule has 100 valence electrons. The highest BCUT2D eigenvalue weighted by Crippen LogP contribution is 2.16. The van der Waals surface area contributed by atoms with Crippen molar-refractivity contribution < 1.29 is 4.74 Å². The van der Waals surface area contributed by atoms with Crippen molar-refractivity contribution in [3.05, 3.63) is 29.8 Å². The molecule has 1 aliphatic heterocycles. The maximum Gasteiger partial charge on any atom is 0.119 e. The first-order valence-electron chi connectivity index (χ1n) is 6.73. The van der Waals surface area contributed by atoms with E-state index in [1.807, 2.05) is 12.1 Å². The summed E-state index contributed by atoms with van der Waals surface area (Å²) in [5.41, 5.74) is 1.50. The second-order valence-corrected chi connectivity index (χ2v) is 5.64. The summed E-state index contributed by atoms with van der Waals surface area (Å²) < 4.78 is 5.79. The van der Waals surface area contributed by atoms with Gasteiger partial charge in [0.25, 0.3) is 0 Å². The number of benzene rings is 1. The Morgan fingerprint density at radius 2 is 2.00 bits per heavy atom. The van der Waals surface area contributed by atoms with Gasteiger partial charge in [0.15, 0.2) is 0 Å². The summed E-state index contributed by atoms with van der Waals surface area (Å²) in [7, 11) is 0. The molecule has 2 rings (SSSR count). The highest BCUT2D eigenvalue weighted by Gasteiger charge is 2.28. The molecule has 1 heterocycles. The molecule has 0 radical (unpaired) electrons.